The van der Waals surface area contributed by atoms with Gasteiger partial charge in [-0.2, -0.15) is 0 Å². The van der Waals surface area contributed by atoms with Gasteiger partial charge in [-0.25, -0.2) is 9.59 Å². The lowest BCUT2D eigenvalue weighted by molar-refractivity contribution is -0.155. The Morgan fingerprint density at radius 2 is 1.67 bits per heavy atom. The largest absolute Gasteiger partial charge is 0.461 e. The van der Waals surface area contributed by atoms with Gasteiger partial charge in [-0.05, 0) is 137 Å². The van der Waals surface area contributed by atoms with Crippen LogP contribution in [-0.2, 0) is 14.3 Å². The van der Waals surface area contributed by atoms with E-state index >= 15 is 0 Å². The van der Waals surface area contributed by atoms with E-state index < -0.39 is 17.7 Å². The lowest BCUT2D eigenvalue weighted by Gasteiger charge is -2.58. The zero-order valence-corrected chi connectivity index (χ0v) is 29.0. The number of nitrogens with one attached hydrogen (secondary N) is 1. The number of aliphatic hydroxyl groups excluding tert-OH is 1. The maximum absolute atomic E-state index is 13.3. The van der Waals surface area contributed by atoms with Gasteiger partial charge < -0.3 is 19.9 Å². The third-order valence-electron chi connectivity index (χ3n) is 12.3. The van der Waals surface area contributed by atoms with Gasteiger partial charge in [-0.1, -0.05) is 60.1 Å². The normalized spacial score (nSPS) is 36.1. The standard InChI is InChI=1S/C37H63NO5/c1-22(2)31(42-33(40)32(23(3)4)38-34(41)43-35(6,7)8)16-11-24(5)28-14-15-29-27-13-12-25-21-26(39)17-19-36(25,9)30(27)18-20-37(28,29)10/h12,22-24,26-32,39H,11,13-21H2,1-10H3,(H,38,41)/t24-,26+,27+,28-,29+,30+,31+,32?,36+,37-/m1/s1. The van der Waals surface area contributed by atoms with E-state index in [-0.39, 0.29) is 35.4 Å². The molecular formula is C37H63NO5. The number of allylic oxidation sites excluding steroid dienone is 1. The molecule has 1 unspecified atom stereocenters. The van der Waals surface area contributed by atoms with E-state index in [2.05, 4.69) is 46.0 Å². The Bertz CT molecular complexity index is 1030. The number of aliphatic hydroxyl groups is 1. The molecule has 6 heteroatoms. The molecule has 0 heterocycles. The van der Waals surface area contributed by atoms with Gasteiger partial charge in [0.15, 0.2) is 0 Å². The summed E-state index contributed by atoms with van der Waals surface area (Å²) in [6.07, 6.45) is 13.0. The highest BCUT2D eigenvalue weighted by Gasteiger charge is 2.59. The Balaban J connectivity index is 1.37. The molecule has 0 bridgehead atoms. The summed E-state index contributed by atoms with van der Waals surface area (Å²) in [5.41, 5.74) is 1.58. The highest BCUT2D eigenvalue weighted by Crippen LogP contribution is 2.67. The number of hydrogen-bond donors (Lipinski definition) is 2. The summed E-state index contributed by atoms with van der Waals surface area (Å²) in [6.45, 7) is 21.1. The van der Waals surface area contributed by atoms with Crippen LogP contribution in [0.3, 0.4) is 0 Å². The molecule has 4 aliphatic rings. The van der Waals surface area contributed by atoms with E-state index in [4.69, 9.17) is 9.47 Å². The van der Waals surface area contributed by atoms with Gasteiger partial charge >= 0.3 is 12.1 Å². The molecule has 4 aliphatic carbocycles. The second-order valence-corrected chi connectivity index (χ2v) is 17.0. The first-order valence-corrected chi connectivity index (χ1v) is 17.5. The maximum Gasteiger partial charge on any atom is 0.408 e. The molecule has 0 aliphatic heterocycles. The van der Waals surface area contributed by atoms with Crippen LogP contribution < -0.4 is 5.32 Å². The molecule has 246 valence electrons. The molecular weight excluding hydrogens is 538 g/mol. The van der Waals surface area contributed by atoms with Crippen LogP contribution in [0, 0.1) is 52.3 Å². The third-order valence-corrected chi connectivity index (χ3v) is 12.3. The van der Waals surface area contributed by atoms with Crippen LogP contribution >= 0.6 is 0 Å². The van der Waals surface area contributed by atoms with Gasteiger partial charge in [0.25, 0.3) is 0 Å². The van der Waals surface area contributed by atoms with Crippen molar-refractivity contribution in [3.63, 3.8) is 0 Å². The number of esters is 1. The molecule has 1 amide bonds. The Morgan fingerprint density at radius 1 is 0.977 bits per heavy atom. The zero-order valence-electron chi connectivity index (χ0n) is 29.0. The minimum atomic E-state index is -0.738. The summed E-state index contributed by atoms with van der Waals surface area (Å²) in [5, 5.41) is 13.1. The summed E-state index contributed by atoms with van der Waals surface area (Å²) in [7, 11) is 0. The van der Waals surface area contributed by atoms with Crippen molar-refractivity contribution >= 4 is 12.1 Å². The molecule has 2 N–H and O–H groups in total. The van der Waals surface area contributed by atoms with Crippen LogP contribution in [0.1, 0.15) is 133 Å². The maximum atomic E-state index is 13.3. The zero-order chi connectivity index (χ0) is 31.9. The number of rotatable bonds is 9. The van der Waals surface area contributed by atoms with Crippen molar-refractivity contribution in [2.24, 2.45) is 52.3 Å². The summed E-state index contributed by atoms with van der Waals surface area (Å²) in [6, 6.07) is -0.738. The van der Waals surface area contributed by atoms with Gasteiger partial charge in [0.1, 0.15) is 17.7 Å². The molecule has 3 fully saturated rings. The first-order chi connectivity index (χ1) is 20.0. The fourth-order valence-electron chi connectivity index (χ4n) is 9.93. The number of carbonyl (C=O) groups is 2. The average Bonchev–Trinajstić information content (AvgIpc) is 3.25. The van der Waals surface area contributed by atoms with Crippen molar-refractivity contribution < 1.29 is 24.2 Å². The first-order valence-electron chi connectivity index (χ1n) is 17.5. The number of ether oxygens (including phenoxy) is 2. The second-order valence-electron chi connectivity index (χ2n) is 17.0. The molecule has 0 aromatic carbocycles. The van der Waals surface area contributed by atoms with Crippen molar-refractivity contribution in [2.45, 2.75) is 157 Å². The van der Waals surface area contributed by atoms with E-state index in [1.165, 1.54) is 32.1 Å². The van der Waals surface area contributed by atoms with E-state index in [0.717, 1.165) is 49.9 Å². The van der Waals surface area contributed by atoms with Crippen LogP contribution in [-0.4, -0.2) is 41.0 Å². The van der Waals surface area contributed by atoms with Crippen molar-refractivity contribution in [1.82, 2.24) is 5.32 Å². The number of hydrogen-bond acceptors (Lipinski definition) is 5. The fourth-order valence-corrected chi connectivity index (χ4v) is 9.93. The predicted octanol–water partition coefficient (Wildman–Crippen LogP) is 8.46. The van der Waals surface area contributed by atoms with Crippen molar-refractivity contribution in [2.75, 3.05) is 0 Å². The van der Waals surface area contributed by atoms with Gasteiger partial charge in [-0.15, -0.1) is 0 Å². The lowest BCUT2D eigenvalue weighted by Crippen LogP contribution is -2.50. The first kappa shape index (κ1) is 34.3. The van der Waals surface area contributed by atoms with Crippen LogP contribution in [0.2, 0.25) is 0 Å². The molecule has 0 aromatic heterocycles. The summed E-state index contributed by atoms with van der Waals surface area (Å²) < 4.78 is 11.5. The number of fused-ring (bicyclic) bond motifs is 5. The molecule has 6 nitrogen and oxygen atoms in total. The van der Waals surface area contributed by atoms with Crippen LogP contribution in [0.4, 0.5) is 4.79 Å². The molecule has 0 radical (unpaired) electrons. The number of alkyl carbamates (subject to hydrolysis) is 1. The van der Waals surface area contributed by atoms with E-state index in [9.17, 15) is 14.7 Å². The molecule has 3 saturated carbocycles. The van der Waals surface area contributed by atoms with Crippen molar-refractivity contribution in [3.8, 4) is 0 Å². The van der Waals surface area contributed by atoms with Crippen LogP contribution in [0.25, 0.3) is 0 Å². The Labute approximate surface area is 262 Å². The summed E-state index contributed by atoms with van der Waals surface area (Å²) in [5.74, 6) is 3.31. The minimum Gasteiger partial charge on any atom is -0.461 e. The monoisotopic (exact) mass is 601 g/mol. The minimum absolute atomic E-state index is 0.107. The Morgan fingerprint density at radius 3 is 2.30 bits per heavy atom. The summed E-state index contributed by atoms with van der Waals surface area (Å²) in [4.78, 5) is 25.7. The van der Waals surface area contributed by atoms with Crippen molar-refractivity contribution in [3.05, 3.63) is 11.6 Å². The predicted molar refractivity (Wildman–Crippen MR) is 172 cm³/mol. The van der Waals surface area contributed by atoms with Gasteiger partial charge in [0.05, 0.1) is 6.10 Å². The van der Waals surface area contributed by atoms with Crippen LogP contribution in [0.15, 0.2) is 11.6 Å². The van der Waals surface area contributed by atoms with E-state index in [1.807, 2.05) is 34.6 Å². The lowest BCUT2D eigenvalue weighted by atomic mass is 9.47. The smallest absolute Gasteiger partial charge is 0.408 e. The SMILES string of the molecule is CC(C)C(NC(=O)OC(C)(C)C)C(=O)O[C@@H](CC[C@@H](C)[C@H]1CC[C@H]2[C@@H]3CC=C4C[C@@H](O)CC[C@]4(C)[C@H]3CC[C@]12C)C(C)C. The highest BCUT2D eigenvalue weighted by atomic mass is 16.6. The topological polar surface area (TPSA) is 84.9 Å². The number of carbonyl (C=O) groups excluding carboxylic acids is 2. The average molecular weight is 602 g/mol. The van der Waals surface area contributed by atoms with Gasteiger partial charge in [0.2, 0.25) is 0 Å². The Hall–Kier alpha value is -1.56. The third kappa shape index (κ3) is 7.31. The molecule has 43 heavy (non-hydrogen) atoms. The molecule has 0 spiro atoms. The molecule has 10 atom stereocenters. The summed E-state index contributed by atoms with van der Waals surface area (Å²) >= 11 is 0. The Kier molecular flexibility index (Phi) is 10.4. The van der Waals surface area contributed by atoms with E-state index in [0.29, 0.717) is 17.3 Å². The second kappa shape index (κ2) is 13.0. The molecule has 4 rings (SSSR count). The van der Waals surface area contributed by atoms with Crippen LogP contribution in [0.5, 0.6) is 0 Å². The fraction of sp³-hybridized carbons (Fsp3) is 0.892. The molecule has 0 saturated heterocycles. The highest BCUT2D eigenvalue weighted by molar-refractivity contribution is 5.81. The number of amides is 1. The van der Waals surface area contributed by atoms with E-state index in [1.54, 1.807) is 5.57 Å². The molecule has 0 aromatic rings. The van der Waals surface area contributed by atoms with Gasteiger partial charge in [0, 0.05) is 0 Å². The van der Waals surface area contributed by atoms with Crippen molar-refractivity contribution in [1.29, 1.82) is 0 Å². The van der Waals surface area contributed by atoms with Gasteiger partial charge in [-0.3, -0.25) is 0 Å². The quantitative estimate of drug-likeness (QED) is 0.205.